The van der Waals surface area contributed by atoms with E-state index in [9.17, 15) is 4.79 Å². The second-order valence-electron chi connectivity index (χ2n) is 4.02. The molecule has 19 heavy (non-hydrogen) atoms. The standard InChI is InChI=1S/C12H9ClN4OS/c1-6-4-9(17-16-6)11(18)15-12-14-8-3-2-7(13)5-10(8)19-12/h2-5H,1H3,(H,16,17)(H,14,15,18). The van der Waals surface area contributed by atoms with E-state index >= 15 is 0 Å². The average molecular weight is 293 g/mol. The highest BCUT2D eigenvalue weighted by atomic mass is 35.5. The van der Waals surface area contributed by atoms with Gasteiger partial charge in [-0.2, -0.15) is 5.10 Å². The fraction of sp³-hybridized carbons (Fsp3) is 0.0833. The molecule has 0 saturated heterocycles. The van der Waals surface area contributed by atoms with Crippen LogP contribution in [0.15, 0.2) is 24.3 Å². The second kappa shape index (κ2) is 4.64. The van der Waals surface area contributed by atoms with Crippen molar-refractivity contribution in [2.24, 2.45) is 0 Å². The zero-order chi connectivity index (χ0) is 13.4. The molecule has 7 heteroatoms. The molecular formula is C12H9ClN4OS. The summed E-state index contributed by atoms with van der Waals surface area (Å²) >= 11 is 7.29. The lowest BCUT2D eigenvalue weighted by atomic mass is 10.3. The lowest BCUT2D eigenvalue weighted by Crippen LogP contribution is -2.11. The predicted molar refractivity (Wildman–Crippen MR) is 75.9 cm³/mol. The molecule has 1 aromatic carbocycles. The largest absolute Gasteiger partial charge is 0.296 e. The number of nitrogens with zero attached hydrogens (tertiary/aromatic N) is 2. The zero-order valence-corrected chi connectivity index (χ0v) is 11.5. The van der Waals surface area contributed by atoms with Crippen LogP contribution in [0.1, 0.15) is 16.2 Å². The third kappa shape index (κ3) is 2.45. The van der Waals surface area contributed by atoms with E-state index in [1.165, 1.54) is 11.3 Å². The summed E-state index contributed by atoms with van der Waals surface area (Å²) in [4.78, 5) is 16.2. The number of hydrogen-bond acceptors (Lipinski definition) is 4. The summed E-state index contributed by atoms with van der Waals surface area (Å²) in [5, 5.41) is 10.5. The Morgan fingerprint density at radius 3 is 3.00 bits per heavy atom. The Bertz CT molecular complexity index is 764. The number of aryl methyl sites for hydroxylation is 1. The smallest absolute Gasteiger partial charge is 0.277 e. The number of fused-ring (bicyclic) bond motifs is 1. The molecule has 2 heterocycles. The molecule has 96 valence electrons. The zero-order valence-electron chi connectivity index (χ0n) is 9.90. The maximum atomic E-state index is 11.9. The molecule has 0 fully saturated rings. The summed E-state index contributed by atoms with van der Waals surface area (Å²) in [6.45, 7) is 1.84. The number of anilines is 1. The van der Waals surface area contributed by atoms with E-state index < -0.39 is 0 Å². The summed E-state index contributed by atoms with van der Waals surface area (Å²) in [6, 6.07) is 7.09. The monoisotopic (exact) mass is 292 g/mol. The molecule has 0 aliphatic rings. The number of rotatable bonds is 2. The van der Waals surface area contributed by atoms with Crippen LogP contribution in [0.2, 0.25) is 5.02 Å². The molecule has 0 aliphatic heterocycles. The van der Waals surface area contributed by atoms with E-state index in [0.29, 0.717) is 15.8 Å². The lowest BCUT2D eigenvalue weighted by Gasteiger charge is -1.95. The van der Waals surface area contributed by atoms with E-state index in [1.807, 2.05) is 19.1 Å². The van der Waals surface area contributed by atoms with Crippen molar-refractivity contribution < 1.29 is 4.79 Å². The number of benzene rings is 1. The van der Waals surface area contributed by atoms with Crippen molar-refractivity contribution >= 4 is 44.2 Å². The number of amides is 1. The Kier molecular flexibility index (Phi) is 2.96. The van der Waals surface area contributed by atoms with Crippen LogP contribution in [0, 0.1) is 6.92 Å². The molecule has 0 bridgehead atoms. The first kappa shape index (κ1) is 12.1. The molecule has 5 nitrogen and oxygen atoms in total. The van der Waals surface area contributed by atoms with Crippen LogP contribution in [-0.2, 0) is 0 Å². The Balaban J connectivity index is 1.87. The first-order chi connectivity index (χ1) is 9.11. The lowest BCUT2D eigenvalue weighted by molar-refractivity contribution is 0.102. The fourth-order valence-corrected chi connectivity index (χ4v) is 2.78. The highest BCUT2D eigenvalue weighted by Crippen LogP contribution is 2.28. The van der Waals surface area contributed by atoms with Gasteiger partial charge in [0, 0.05) is 10.7 Å². The number of halogens is 1. The Morgan fingerprint density at radius 1 is 1.42 bits per heavy atom. The van der Waals surface area contributed by atoms with Crippen LogP contribution >= 0.6 is 22.9 Å². The Hall–Kier alpha value is -1.92. The molecule has 0 radical (unpaired) electrons. The fourth-order valence-electron chi connectivity index (χ4n) is 1.65. The number of thiazole rings is 1. The maximum Gasteiger partial charge on any atom is 0.277 e. The van der Waals surface area contributed by atoms with E-state index in [2.05, 4.69) is 20.5 Å². The number of carbonyl (C=O) groups is 1. The van der Waals surface area contributed by atoms with Gasteiger partial charge >= 0.3 is 0 Å². The van der Waals surface area contributed by atoms with Crippen molar-refractivity contribution in [3.05, 3.63) is 40.7 Å². The first-order valence-electron chi connectivity index (χ1n) is 5.51. The van der Waals surface area contributed by atoms with Crippen molar-refractivity contribution in [3.63, 3.8) is 0 Å². The summed E-state index contributed by atoms with van der Waals surface area (Å²) in [6.07, 6.45) is 0. The Labute approximate surface area is 117 Å². The van der Waals surface area contributed by atoms with Crippen molar-refractivity contribution in [1.29, 1.82) is 0 Å². The predicted octanol–water partition coefficient (Wildman–Crippen LogP) is 3.23. The molecule has 3 rings (SSSR count). The van der Waals surface area contributed by atoms with Gasteiger partial charge in [0.2, 0.25) is 0 Å². The quantitative estimate of drug-likeness (QED) is 0.762. The Morgan fingerprint density at radius 2 is 2.26 bits per heavy atom. The molecule has 1 amide bonds. The van der Waals surface area contributed by atoms with Gasteiger partial charge in [0.05, 0.1) is 10.2 Å². The molecule has 2 N–H and O–H groups in total. The van der Waals surface area contributed by atoms with Crippen LogP contribution < -0.4 is 5.32 Å². The minimum atomic E-state index is -0.283. The van der Waals surface area contributed by atoms with E-state index in [1.54, 1.807) is 12.1 Å². The van der Waals surface area contributed by atoms with Gasteiger partial charge in [-0.3, -0.25) is 15.2 Å². The van der Waals surface area contributed by atoms with Gasteiger partial charge in [0.25, 0.3) is 5.91 Å². The van der Waals surface area contributed by atoms with Gasteiger partial charge in [-0.1, -0.05) is 22.9 Å². The van der Waals surface area contributed by atoms with Gasteiger partial charge in [-0.05, 0) is 31.2 Å². The van der Waals surface area contributed by atoms with Gasteiger partial charge in [0.15, 0.2) is 10.8 Å². The topological polar surface area (TPSA) is 70.7 Å². The van der Waals surface area contributed by atoms with Crippen LogP contribution in [-0.4, -0.2) is 21.1 Å². The summed E-state index contributed by atoms with van der Waals surface area (Å²) in [7, 11) is 0. The number of carbonyl (C=O) groups excluding carboxylic acids is 1. The molecule has 0 aliphatic carbocycles. The van der Waals surface area contributed by atoms with Gasteiger partial charge in [0.1, 0.15) is 0 Å². The van der Waals surface area contributed by atoms with E-state index in [-0.39, 0.29) is 5.91 Å². The first-order valence-corrected chi connectivity index (χ1v) is 6.71. The number of H-pyrrole nitrogens is 1. The third-order valence-electron chi connectivity index (χ3n) is 2.51. The second-order valence-corrected chi connectivity index (χ2v) is 5.49. The minimum absolute atomic E-state index is 0.283. The summed E-state index contributed by atoms with van der Waals surface area (Å²) < 4.78 is 0.931. The van der Waals surface area contributed by atoms with Gasteiger partial charge in [-0.15, -0.1) is 0 Å². The molecule has 0 atom stereocenters. The van der Waals surface area contributed by atoms with Crippen LogP contribution in [0.5, 0.6) is 0 Å². The molecule has 0 spiro atoms. The van der Waals surface area contributed by atoms with Crippen molar-refractivity contribution in [2.45, 2.75) is 6.92 Å². The molecular weight excluding hydrogens is 284 g/mol. The molecule has 2 aromatic heterocycles. The van der Waals surface area contributed by atoms with Crippen molar-refractivity contribution in [2.75, 3.05) is 5.32 Å². The number of hydrogen-bond donors (Lipinski definition) is 2. The number of aromatic amines is 1. The molecule has 0 saturated carbocycles. The van der Waals surface area contributed by atoms with Crippen molar-refractivity contribution in [1.82, 2.24) is 15.2 Å². The minimum Gasteiger partial charge on any atom is -0.296 e. The van der Waals surface area contributed by atoms with Gasteiger partial charge in [-0.25, -0.2) is 4.98 Å². The maximum absolute atomic E-state index is 11.9. The normalized spacial score (nSPS) is 10.8. The highest BCUT2D eigenvalue weighted by Gasteiger charge is 2.12. The van der Waals surface area contributed by atoms with Crippen LogP contribution in [0.4, 0.5) is 5.13 Å². The van der Waals surface area contributed by atoms with E-state index in [4.69, 9.17) is 11.6 Å². The molecule has 3 aromatic rings. The van der Waals surface area contributed by atoms with Crippen LogP contribution in [0.3, 0.4) is 0 Å². The number of nitrogens with one attached hydrogen (secondary N) is 2. The summed E-state index contributed by atoms with van der Waals surface area (Å²) in [5.41, 5.74) is 1.99. The van der Waals surface area contributed by atoms with E-state index in [0.717, 1.165) is 15.9 Å². The van der Waals surface area contributed by atoms with Crippen LogP contribution in [0.25, 0.3) is 10.2 Å². The third-order valence-corrected chi connectivity index (χ3v) is 3.68. The van der Waals surface area contributed by atoms with Crippen molar-refractivity contribution in [3.8, 4) is 0 Å². The molecule has 0 unspecified atom stereocenters. The highest BCUT2D eigenvalue weighted by molar-refractivity contribution is 7.22. The number of aromatic nitrogens is 3. The van der Waals surface area contributed by atoms with Gasteiger partial charge < -0.3 is 0 Å². The SMILES string of the molecule is Cc1cc(C(=O)Nc2nc3ccc(Cl)cc3s2)n[nH]1. The summed E-state index contributed by atoms with van der Waals surface area (Å²) in [5.74, 6) is -0.283. The average Bonchev–Trinajstić information content (AvgIpc) is 2.94.